The van der Waals surface area contributed by atoms with Gasteiger partial charge in [0.25, 0.3) is 0 Å². The van der Waals surface area contributed by atoms with Crippen molar-refractivity contribution in [3.8, 4) is 0 Å². The Morgan fingerprint density at radius 2 is 1.09 bits per heavy atom. The van der Waals surface area contributed by atoms with E-state index in [0.29, 0.717) is 0 Å². The minimum atomic E-state index is -2.27. The van der Waals surface area contributed by atoms with Crippen LogP contribution in [0.3, 0.4) is 0 Å². The van der Waals surface area contributed by atoms with Gasteiger partial charge >= 0.3 is 11.9 Å². The van der Waals surface area contributed by atoms with E-state index in [1.54, 1.807) is 0 Å². The van der Waals surface area contributed by atoms with Crippen LogP contribution < -0.4 is 0 Å². The molecule has 0 amide bonds. The molecule has 6 N–H and O–H groups in total. The van der Waals surface area contributed by atoms with E-state index in [1.807, 2.05) is 0 Å². The SMILES string of the molecule is O.O=C(O)[C@H](O)[C@@H](O)C(=O)O. The molecule has 0 spiro atoms. The first-order valence-corrected chi connectivity index (χ1v) is 2.28. The number of rotatable bonds is 3. The molecule has 0 aromatic rings. The fourth-order valence-corrected chi connectivity index (χ4v) is 0.270. The van der Waals surface area contributed by atoms with Crippen molar-refractivity contribution in [2.24, 2.45) is 0 Å². The molecule has 0 aliphatic carbocycles. The minimum Gasteiger partial charge on any atom is -0.479 e. The third-order valence-corrected chi connectivity index (χ3v) is 0.805. The summed E-state index contributed by atoms with van der Waals surface area (Å²) >= 11 is 0. The number of aliphatic hydroxyl groups excluding tert-OH is 2. The number of carboxylic acids is 2. The highest BCUT2D eigenvalue weighted by molar-refractivity contribution is 5.82. The number of carboxylic acid groups (broad SMARTS) is 2. The highest BCUT2D eigenvalue weighted by Gasteiger charge is 2.29. The van der Waals surface area contributed by atoms with Gasteiger partial charge in [-0.25, -0.2) is 9.59 Å². The van der Waals surface area contributed by atoms with Gasteiger partial charge in [-0.05, 0) is 0 Å². The molecule has 0 aromatic carbocycles. The second-order valence-electron chi connectivity index (χ2n) is 1.57. The molecule has 0 unspecified atom stereocenters. The van der Waals surface area contributed by atoms with Gasteiger partial charge in [0, 0.05) is 0 Å². The van der Waals surface area contributed by atoms with Crippen LogP contribution in [-0.4, -0.2) is 50.0 Å². The molecule has 0 fully saturated rings. The Labute approximate surface area is 60.8 Å². The van der Waals surface area contributed by atoms with E-state index in [-0.39, 0.29) is 5.48 Å². The van der Waals surface area contributed by atoms with Crippen LogP contribution in [-0.2, 0) is 9.59 Å². The standard InChI is InChI=1S/C4H6O6.H2O/c5-1(3(7)8)2(6)4(9)10;/h1-2,5-6H,(H,7,8)(H,9,10);1H2/t1-,2-;/m1./s1. The molecule has 0 bridgehead atoms. The topological polar surface area (TPSA) is 147 Å². The zero-order valence-electron chi connectivity index (χ0n) is 5.26. The third kappa shape index (κ3) is 3.50. The predicted octanol–water partition coefficient (Wildman–Crippen LogP) is -2.95. The van der Waals surface area contributed by atoms with Crippen LogP contribution in [0.4, 0.5) is 0 Å². The molecular weight excluding hydrogens is 160 g/mol. The van der Waals surface area contributed by atoms with E-state index < -0.39 is 24.1 Å². The van der Waals surface area contributed by atoms with Crippen LogP contribution in [0.15, 0.2) is 0 Å². The monoisotopic (exact) mass is 168 g/mol. The fraction of sp³-hybridized carbons (Fsp3) is 0.500. The van der Waals surface area contributed by atoms with Crippen LogP contribution in [0.2, 0.25) is 0 Å². The van der Waals surface area contributed by atoms with Gasteiger partial charge < -0.3 is 25.9 Å². The predicted molar refractivity (Wildman–Crippen MR) is 30.9 cm³/mol. The van der Waals surface area contributed by atoms with Gasteiger partial charge in [0.1, 0.15) is 0 Å². The Balaban J connectivity index is 0. The number of hydrogen-bond donors (Lipinski definition) is 4. The average Bonchev–Trinajstić information content (AvgIpc) is 1.84. The molecular formula is C4H8O7. The van der Waals surface area contributed by atoms with Crippen molar-refractivity contribution in [1.29, 1.82) is 0 Å². The average molecular weight is 168 g/mol. The summed E-state index contributed by atoms with van der Waals surface area (Å²) in [6.07, 6.45) is -4.53. The first kappa shape index (κ1) is 12.5. The van der Waals surface area contributed by atoms with Crippen molar-refractivity contribution in [2.75, 3.05) is 0 Å². The molecule has 7 nitrogen and oxygen atoms in total. The van der Waals surface area contributed by atoms with Gasteiger partial charge in [-0.15, -0.1) is 0 Å². The number of hydrogen-bond acceptors (Lipinski definition) is 4. The van der Waals surface area contributed by atoms with Crippen molar-refractivity contribution in [1.82, 2.24) is 0 Å². The van der Waals surface area contributed by atoms with E-state index in [9.17, 15) is 9.59 Å². The molecule has 0 rings (SSSR count). The highest BCUT2D eigenvalue weighted by Crippen LogP contribution is 1.92. The van der Waals surface area contributed by atoms with E-state index in [4.69, 9.17) is 20.4 Å². The first-order chi connectivity index (χ1) is 4.46. The lowest BCUT2D eigenvalue weighted by Gasteiger charge is -2.07. The van der Waals surface area contributed by atoms with Crippen LogP contribution in [0, 0.1) is 0 Å². The summed E-state index contributed by atoms with van der Waals surface area (Å²) in [4.78, 5) is 19.5. The molecule has 0 radical (unpaired) electrons. The zero-order valence-corrected chi connectivity index (χ0v) is 5.26. The smallest absolute Gasteiger partial charge is 0.335 e. The second kappa shape index (κ2) is 4.61. The molecule has 2 atom stereocenters. The van der Waals surface area contributed by atoms with Crippen LogP contribution >= 0.6 is 0 Å². The molecule has 0 heterocycles. The van der Waals surface area contributed by atoms with Crippen molar-refractivity contribution in [2.45, 2.75) is 12.2 Å². The van der Waals surface area contributed by atoms with Crippen molar-refractivity contribution < 1.29 is 35.5 Å². The Morgan fingerprint density at radius 1 is 0.909 bits per heavy atom. The lowest BCUT2D eigenvalue weighted by Crippen LogP contribution is -2.39. The molecule has 0 aromatic heterocycles. The molecule has 66 valence electrons. The van der Waals surface area contributed by atoms with E-state index in [1.165, 1.54) is 0 Å². The fourth-order valence-electron chi connectivity index (χ4n) is 0.270. The summed E-state index contributed by atoms with van der Waals surface area (Å²) in [7, 11) is 0. The molecule has 0 aliphatic heterocycles. The summed E-state index contributed by atoms with van der Waals surface area (Å²) in [5.74, 6) is -3.54. The van der Waals surface area contributed by atoms with Gasteiger partial charge in [-0.2, -0.15) is 0 Å². The van der Waals surface area contributed by atoms with Crippen LogP contribution in [0.25, 0.3) is 0 Å². The van der Waals surface area contributed by atoms with Crippen molar-refractivity contribution >= 4 is 11.9 Å². The lowest BCUT2D eigenvalue weighted by atomic mass is 10.2. The molecule has 7 heteroatoms. The maximum absolute atomic E-state index is 9.77. The van der Waals surface area contributed by atoms with Crippen LogP contribution in [0.5, 0.6) is 0 Å². The Kier molecular flexibility index (Phi) is 5.23. The van der Waals surface area contributed by atoms with Gasteiger partial charge in [-0.1, -0.05) is 0 Å². The summed E-state index contributed by atoms with van der Waals surface area (Å²) in [6, 6.07) is 0. The largest absolute Gasteiger partial charge is 0.479 e. The highest BCUT2D eigenvalue weighted by atomic mass is 16.4. The normalized spacial score (nSPS) is 14.4. The maximum atomic E-state index is 9.77. The minimum absolute atomic E-state index is 0. The van der Waals surface area contributed by atoms with Gasteiger partial charge in [0.15, 0.2) is 12.2 Å². The van der Waals surface area contributed by atoms with Gasteiger partial charge in [0.2, 0.25) is 0 Å². The van der Waals surface area contributed by atoms with Gasteiger partial charge in [0.05, 0.1) is 0 Å². The number of aliphatic carboxylic acids is 2. The molecule has 11 heavy (non-hydrogen) atoms. The zero-order chi connectivity index (χ0) is 8.31. The van der Waals surface area contributed by atoms with E-state index in [0.717, 1.165) is 0 Å². The summed E-state index contributed by atoms with van der Waals surface area (Å²) < 4.78 is 0. The maximum Gasteiger partial charge on any atom is 0.335 e. The summed E-state index contributed by atoms with van der Waals surface area (Å²) in [5.41, 5.74) is 0. The second-order valence-corrected chi connectivity index (χ2v) is 1.57. The number of carbonyl (C=O) groups is 2. The lowest BCUT2D eigenvalue weighted by molar-refractivity contribution is -0.165. The summed E-state index contributed by atoms with van der Waals surface area (Å²) in [6.45, 7) is 0. The Morgan fingerprint density at radius 3 is 1.18 bits per heavy atom. The van der Waals surface area contributed by atoms with Gasteiger partial charge in [-0.3, -0.25) is 0 Å². The molecule has 0 aliphatic rings. The molecule has 0 saturated carbocycles. The Hall–Kier alpha value is -1.18. The van der Waals surface area contributed by atoms with Crippen molar-refractivity contribution in [3.63, 3.8) is 0 Å². The summed E-state index contributed by atoms with van der Waals surface area (Å²) in [5, 5.41) is 32.5. The van der Waals surface area contributed by atoms with E-state index in [2.05, 4.69) is 0 Å². The van der Waals surface area contributed by atoms with E-state index >= 15 is 0 Å². The quantitative estimate of drug-likeness (QED) is 0.354. The molecule has 0 saturated heterocycles. The third-order valence-electron chi connectivity index (χ3n) is 0.805. The van der Waals surface area contributed by atoms with Crippen LogP contribution in [0.1, 0.15) is 0 Å². The van der Waals surface area contributed by atoms with Crippen molar-refractivity contribution in [3.05, 3.63) is 0 Å². The Bertz CT molecular complexity index is 135. The first-order valence-electron chi connectivity index (χ1n) is 2.28. The number of aliphatic hydroxyl groups is 2.